The molecule has 0 amide bonds. The molecule has 0 aromatic rings. The van der Waals surface area contributed by atoms with Crippen molar-refractivity contribution in [3.05, 3.63) is 0 Å². The lowest BCUT2D eigenvalue weighted by molar-refractivity contribution is 0.140. The number of hydrogen-bond donors (Lipinski definition) is 2. The van der Waals surface area contributed by atoms with Crippen molar-refractivity contribution in [2.75, 3.05) is 11.9 Å². The predicted molar refractivity (Wildman–Crippen MR) is 40.7 cm³/mol. The van der Waals surface area contributed by atoms with Gasteiger partial charge in [0.25, 0.3) is 0 Å². The fourth-order valence-electron chi connectivity index (χ4n) is 0.602. The van der Waals surface area contributed by atoms with Gasteiger partial charge in [0.05, 0.1) is 6.10 Å². The summed E-state index contributed by atoms with van der Waals surface area (Å²) >= 11 is 3.14. The van der Waals surface area contributed by atoms with Crippen molar-refractivity contribution in [3.8, 4) is 0 Å². The molecule has 56 valence electrons. The van der Waals surface area contributed by atoms with Crippen molar-refractivity contribution < 1.29 is 10.2 Å². The van der Waals surface area contributed by atoms with Gasteiger partial charge in [0.2, 0.25) is 0 Å². The minimum absolute atomic E-state index is 0.157. The highest BCUT2D eigenvalue weighted by molar-refractivity contribution is 9.09. The SMILES string of the molecule is CC(CO)CC(O)CBr. The summed E-state index contributed by atoms with van der Waals surface area (Å²) in [6, 6.07) is 0. The lowest BCUT2D eigenvalue weighted by Crippen LogP contribution is -2.14. The normalized spacial score (nSPS) is 17.3. The lowest BCUT2D eigenvalue weighted by atomic mass is 10.1. The molecule has 0 saturated heterocycles. The van der Waals surface area contributed by atoms with E-state index in [1.807, 2.05) is 6.92 Å². The highest BCUT2D eigenvalue weighted by Crippen LogP contribution is 2.06. The van der Waals surface area contributed by atoms with Gasteiger partial charge in [-0.1, -0.05) is 22.9 Å². The molecule has 0 aliphatic carbocycles. The second-order valence-corrected chi connectivity index (χ2v) is 2.98. The van der Waals surface area contributed by atoms with E-state index in [9.17, 15) is 0 Å². The van der Waals surface area contributed by atoms with Gasteiger partial charge in [-0.15, -0.1) is 0 Å². The summed E-state index contributed by atoms with van der Waals surface area (Å²) in [5, 5.41) is 18.1. The van der Waals surface area contributed by atoms with Crippen LogP contribution in [0.2, 0.25) is 0 Å². The van der Waals surface area contributed by atoms with Crippen LogP contribution < -0.4 is 0 Å². The second kappa shape index (κ2) is 5.21. The molecule has 0 fully saturated rings. The average Bonchev–Trinajstić information content (AvgIpc) is 1.87. The predicted octanol–water partition coefficient (Wildman–Crippen LogP) is 0.761. The number of hydrogen-bond acceptors (Lipinski definition) is 2. The van der Waals surface area contributed by atoms with Crippen LogP contribution in [0.15, 0.2) is 0 Å². The van der Waals surface area contributed by atoms with Gasteiger partial charge < -0.3 is 10.2 Å². The molecule has 0 spiro atoms. The molecule has 0 heterocycles. The molecular formula is C6H13BrO2. The van der Waals surface area contributed by atoms with Crippen LogP contribution in [-0.2, 0) is 0 Å². The molecule has 2 N–H and O–H groups in total. The number of alkyl halides is 1. The fraction of sp³-hybridized carbons (Fsp3) is 1.00. The molecule has 0 aliphatic rings. The van der Waals surface area contributed by atoms with Crippen LogP contribution in [-0.4, -0.2) is 28.3 Å². The van der Waals surface area contributed by atoms with E-state index in [0.717, 1.165) is 0 Å². The topological polar surface area (TPSA) is 40.5 Å². The Kier molecular flexibility index (Phi) is 5.44. The van der Waals surface area contributed by atoms with Crippen molar-refractivity contribution in [2.45, 2.75) is 19.4 Å². The van der Waals surface area contributed by atoms with E-state index < -0.39 is 0 Å². The molecule has 0 rings (SSSR count). The summed E-state index contributed by atoms with van der Waals surface area (Å²) < 4.78 is 0. The van der Waals surface area contributed by atoms with Crippen LogP contribution in [0.1, 0.15) is 13.3 Å². The first-order valence-electron chi connectivity index (χ1n) is 3.05. The maximum atomic E-state index is 9.00. The third-order valence-electron chi connectivity index (χ3n) is 1.16. The first-order chi connectivity index (χ1) is 4.20. The van der Waals surface area contributed by atoms with Crippen molar-refractivity contribution in [2.24, 2.45) is 5.92 Å². The van der Waals surface area contributed by atoms with Gasteiger partial charge in [0.1, 0.15) is 0 Å². The largest absolute Gasteiger partial charge is 0.396 e. The van der Waals surface area contributed by atoms with Crippen LogP contribution in [0.3, 0.4) is 0 Å². The van der Waals surface area contributed by atoms with Gasteiger partial charge in [0, 0.05) is 11.9 Å². The van der Waals surface area contributed by atoms with Gasteiger partial charge in [-0.05, 0) is 12.3 Å². The van der Waals surface area contributed by atoms with Gasteiger partial charge >= 0.3 is 0 Å². The highest BCUT2D eigenvalue weighted by Gasteiger charge is 2.06. The molecule has 0 aromatic heterocycles. The van der Waals surface area contributed by atoms with Crippen LogP contribution in [0.5, 0.6) is 0 Å². The summed E-state index contributed by atoms with van der Waals surface area (Å²) in [7, 11) is 0. The zero-order valence-corrected chi connectivity index (χ0v) is 7.13. The Hall–Kier alpha value is 0.400. The minimum atomic E-state index is -0.313. The Bertz CT molecular complexity index is 60.1. The molecule has 2 unspecified atom stereocenters. The maximum Gasteiger partial charge on any atom is 0.0640 e. The van der Waals surface area contributed by atoms with E-state index in [2.05, 4.69) is 15.9 Å². The van der Waals surface area contributed by atoms with Gasteiger partial charge in [-0.3, -0.25) is 0 Å². The molecule has 3 heteroatoms. The first-order valence-corrected chi connectivity index (χ1v) is 4.17. The van der Waals surface area contributed by atoms with E-state index in [0.29, 0.717) is 11.8 Å². The summed E-state index contributed by atoms with van der Waals surface area (Å²) in [5.41, 5.74) is 0. The summed E-state index contributed by atoms with van der Waals surface area (Å²) in [6.07, 6.45) is 0.356. The van der Waals surface area contributed by atoms with Crippen LogP contribution >= 0.6 is 15.9 Å². The Labute approximate surface area is 64.0 Å². The number of halogens is 1. The van der Waals surface area contributed by atoms with Crippen molar-refractivity contribution in [1.29, 1.82) is 0 Å². The standard InChI is InChI=1S/C6H13BrO2/c1-5(4-8)2-6(9)3-7/h5-6,8-9H,2-4H2,1H3. The smallest absolute Gasteiger partial charge is 0.0640 e. The average molecular weight is 197 g/mol. The second-order valence-electron chi connectivity index (χ2n) is 2.33. The Morgan fingerprint density at radius 2 is 2.11 bits per heavy atom. The van der Waals surface area contributed by atoms with Gasteiger partial charge in [-0.25, -0.2) is 0 Å². The molecule has 0 aromatic carbocycles. The lowest BCUT2D eigenvalue weighted by Gasteiger charge is -2.10. The third kappa shape index (κ3) is 4.88. The molecular weight excluding hydrogens is 184 g/mol. The van der Waals surface area contributed by atoms with Crippen molar-refractivity contribution in [3.63, 3.8) is 0 Å². The molecule has 2 atom stereocenters. The van der Waals surface area contributed by atoms with Gasteiger partial charge in [-0.2, -0.15) is 0 Å². The number of aliphatic hydroxyl groups is 2. The number of aliphatic hydroxyl groups excluding tert-OH is 2. The summed E-state index contributed by atoms with van der Waals surface area (Å²) in [5.74, 6) is 0.206. The third-order valence-corrected chi connectivity index (χ3v) is 1.91. The summed E-state index contributed by atoms with van der Waals surface area (Å²) in [4.78, 5) is 0. The fourth-order valence-corrected chi connectivity index (χ4v) is 0.866. The van der Waals surface area contributed by atoms with Crippen molar-refractivity contribution in [1.82, 2.24) is 0 Å². The zero-order valence-electron chi connectivity index (χ0n) is 5.55. The number of rotatable bonds is 4. The van der Waals surface area contributed by atoms with E-state index in [4.69, 9.17) is 10.2 Å². The van der Waals surface area contributed by atoms with E-state index in [1.165, 1.54) is 0 Å². The molecule has 2 nitrogen and oxygen atoms in total. The zero-order chi connectivity index (χ0) is 7.28. The monoisotopic (exact) mass is 196 g/mol. The van der Waals surface area contributed by atoms with Crippen molar-refractivity contribution >= 4 is 15.9 Å². The minimum Gasteiger partial charge on any atom is -0.396 e. The maximum absolute atomic E-state index is 9.00. The molecule has 0 bridgehead atoms. The molecule has 0 aliphatic heterocycles. The highest BCUT2D eigenvalue weighted by atomic mass is 79.9. The Morgan fingerprint density at radius 1 is 1.56 bits per heavy atom. The first kappa shape index (κ1) is 9.40. The Balaban J connectivity index is 3.22. The Morgan fingerprint density at radius 3 is 2.44 bits per heavy atom. The van der Waals surface area contributed by atoms with E-state index in [-0.39, 0.29) is 18.6 Å². The molecule has 9 heavy (non-hydrogen) atoms. The van der Waals surface area contributed by atoms with Crippen LogP contribution in [0.4, 0.5) is 0 Å². The van der Waals surface area contributed by atoms with E-state index >= 15 is 0 Å². The molecule has 0 radical (unpaired) electrons. The van der Waals surface area contributed by atoms with Crippen LogP contribution in [0, 0.1) is 5.92 Å². The van der Waals surface area contributed by atoms with E-state index in [1.54, 1.807) is 0 Å². The van der Waals surface area contributed by atoms with Crippen LogP contribution in [0.25, 0.3) is 0 Å². The quantitative estimate of drug-likeness (QED) is 0.653. The summed E-state index contributed by atoms with van der Waals surface area (Å²) in [6.45, 7) is 2.07. The van der Waals surface area contributed by atoms with Gasteiger partial charge in [0.15, 0.2) is 0 Å². The molecule has 0 saturated carbocycles.